The highest BCUT2D eigenvalue weighted by Crippen LogP contribution is 2.32. The summed E-state index contributed by atoms with van der Waals surface area (Å²) in [6.45, 7) is 3.67. The average molecular weight is 508 g/mol. The van der Waals surface area contributed by atoms with Crippen LogP contribution >= 0.6 is 0 Å². The smallest absolute Gasteiger partial charge is 0.231 e. The van der Waals surface area contributed by atoms with E-state index in [1.165, 1.54) is 6.26 Å². The normalized spacial score (nSPS) is 11.6. The monoisotopic (exact) mass is 507 g/mol. The number of rotatable bonds is 7. The number of nitrogens with one attached hydrogen (secondary N) is 1. The molecule has 10 nitrogen and oxygen atoms in total. The fourth-order valence-corrected chi connectivity index (χ4v) is 4.31. The third-order valence-electron chi connectivity index (χ3n) is 5.93. The molecule has 0 radical (unpaired) electrons. The third kappa shape index (κ3) is 4.87. The van der Waals surface area contributed by atoms with E-state index in [4.69, 9.17) is 9.97 Å². The van der Waals surface area contributed by atoms with Crippen molar-refractivity contribution in [3.63, 3.8) is 0 Å². The van der Waals surface area contributed by atoms with Gasteiger partial charge in [-0.1, -0.05) is 19.9 Å². The molecule has 2 aromatic heterocycles. The molecule has 0 spiro atoms. The van der Waals surface area contributed by atoms with Crippen molar-refractivity contribution >= 4 is 55.9 Å². The number of para-hydroxylation sites is 1. The molecular formula is C25H29N7O3S. The Kier molecular flexibility index (Phi) is 6.68. The average Bonchev–Trinajstić information content (AvgIpc) is 3.17. The van der Waals surface area contributed by atoms with Crippen LogP contribution in [-0.4, -0.2) is 54.2 Å². The summed E-state index contributed by atoms with van der Waals surface area (Å²) in [5.41, 5.74) is 3.17. The molecule has 36 heavy (non-hydrogen) atoms. The second kappa shape index (κ2) is 9.57. The van der Waals surface area contributed by atoms with E-state index >= 15 is 0 Å². The van der Waals surface area contributed by atoms with Gasteiger partial charge >= 0.3 is 0 Å². The first-order valence-electron chi connectivity index (χ1n) is 11.3. The third-order valence-corrected chi connectivity index (χ3v) is 7.06. The lowest BCUT2D eigenvalue weighted by atomic mass is 10.2. The van der Waals surface area contributed by atoms with Crippen LogP contribution < -0.4 is 15.1 Å². The van der Waals surface area contributed by atoms with Crippen LogP contribution in [0.4, 0.5) is 29.1 Å². The van der Waals surface area contributed by atoms with Crippen LogP contribution in [0, 0.1) is 5.92 Å². The molecule has 0 saturated carbocycles. The lowest BCUT2D eigenvalue weighted by molar-refractivity contribution is -0.118. The molecule has 1 amide bonds. The summed E-state index contributed by atoms with van der Waals surface area (Å²) in [5, 5.41) is 2.88. The van der Waals surface area contributed by atoms with Crippen LogP contribution in [0.5, 0.6) is 0 Å². The van der Waals surface area contributed by atoms with Gasteiger partial charge in [-0.2, -0.15) is 4.98 Å². The summed E-state index contributed by atoms with van der Waals surface area (Å²) < 4.78 is 25.4. The summed E-state index contributed by atoms with van der Waals surface area (Å²) in [7, 11) is 2.30. The van der Waals surface area contributed by atoms with Crippen LogP contribution in [0.25, 0.3) is 11.0 Å². The van der Waals surface area contributed by atoms with Crippen molar-refractivity contribution in [2.75, 3.05) is 35.5 Å². The Morgan fingerprint density at radius 2 is 1.69 bits per heavy atom. The molecule has 1 N–H and O–H groups in total. The summed E-state index contributed by atoms with van der Waals surface area (Å²) >= 11 is 0. The molecule has 2 aromatic carbocycles. The predicted molar refractivity (Wildman–Crippen MR) is 142 cm³/mol. The summed E-state index contributed by atoms with van der Waals surface area (Å²) in [6, 6.07) is 14.2. The second-order valence-corrected chi connectivity index (χ2v) is 10.9. The van der Waals surface area contributed by atoms with Crippen molar-refractivity contribution in [1.29, 1.82) is 0 Å². The maximum absolute atomic E-state index is 12.2. The lowest BCUT2D eigenvalue weighted by Crippen LogP contribution is -2.20. The zero-order chi connectivity index (χ0) is 26.2. The highest BCUT2D eigenvalue weighted by atomic mass is 32.2. The Morgan fingerprint density at radius 1 is 1.00 bits per heavy atom. The highest BCUT2D eigenvalue weighted by Gasteiger charge is 2.19. The van der Waals surface area contributed by atoms with E-state index in [-0.39, 0.29) is 16.7 Å². The van der Waals surface area contributed by atoms with E-state index in [0.717, 1.165) is 22.4 Å². The number of imidazole rings is 1. The topological polar surface area (TPSA) is 113 Å². The lowest BCUT2D eigenvalue weighted by Gasteiger charge is -2.22. The largest absolute Gasteiger partial charge is 0.327 e. The molecule has 0 atom stereocenters. The van der Waals surface area contributed by atoms with Gasteiger partial charge in [-0.15, -0.1) is 0 Å². The van der Waals surface area contributed by atoms with Gasteiger partial charge in [0.05, 0.1) is 16.1 Å². The molecule has 188 valence electrons. The molecule has 4 aromatic rings. The van der Waals surface area contributed by atoms with Crippen molar-refractivity contribution < 1.29 is 13.2 Å². The molecule has 4 rings (SSSR count). The zero-order valence-electron chi connectivity index (χ0n) is 21.1. The van der Waals surface area contributed by atoms with Gasteiger partial charge < -0.3 is 14.4 Å². The molecule has 2 heterocycles. The second-order valence-electron chi connectivity index (χ2n) is 8.88. The maximum Gasteiger partial charge on any atom is 0.231 e. The Balaban J connectivity index is 1.66. The fraction of sp³-hybridized carbons (Fsp3) is 0.280. The van der Waals surface area contributed by atoms with Crippen LogP contribution in [0.15, 0.2) is 59.6 Å². The molecule has 0 aliphatic rings. The molecule has 0 bridgehead atoms. The van der Waals surface area contributed by atoms with Crippen molar-refractivity contribution in [2.45, 2.75) is 18.7 Å². The number of sulfone groups is 1. The molecule has 0 aliphatic carbocycles. The molecule has 0 aliphatic heterocycles. The van der Waals surface area contributed by atoms with E-state index in [9.17, 15) is 13.2 Å². The van der Waals surface area contributed by atoms with Crippen molar-refractivity contribution in [2.24, 2.45) is 13.0 Å². The van der Waals surface area contributed by atoms with Crippen molar-refractivity contribution in [3.8, 4) is 0 Å². The quantitative estimate of drug-likeness (QED) is 0.401. The first-order valence-corrected chi connectivity index (χ1v) is 13.2. The number of amides is 1. The number of anilines is 5. The zero-order valence-corrected chi connectivity index (χ0v) is 21.9. The van der Waals surface area contributed by atoms with E-state index < -0.39 is 9.84 Å². The number of carbonyl (C=O) groups is 1. The van der Waals surface area contributed by atoms with Gasteiger partial charge in [-0.3, -0.25) is 10.1 Å². The number of nitrogens with zero attached hydrogens (tertiary/aromatic N) is 6. The molecular weight excluding hydrogens is 478 g/mol. The predicted octanol–water partition coefficient (Wildman–Crippen LogP) is 3.90. The van der Waals surface area contributed by atoms with Gasteiger partial charge in [0.25, 0.3) is 0 Å². The minimum Gasteiger partial charge on any atom is -0.327 e. The molecule has 0 fully saturated rings. The van der Waals surface area contributed by atoms with Crippen molar-refractivity contribution in [3.05, 3.63) is 54.7 Å². The number of hydrogen-bond acceptors (Lipinski definition) is 8. The fourth-order valence-electron chi connectivity index (χ4n) is 3.68. The van der Waals surface area contributed by atoms with E-state index in [0.29, 0.717) is 17.7 Å². The van der Waals surface area contributed by atoms with Crippen LogP contribution in [0.1, 0.15) is 13.8 Å². The Morgan fingerprint density at radius 3 is 2.33 bits per heavy atom. The van der Waals surface area contributed by atoms with Gasteiger partial charge in [0.1, 0.15) is 11.3 Å². The summed E-state index contributed by atoms with van der Waals surface area (Å²) in [4.78, 5) is 30.0. The van der Waals surface area contributed by atoms with Crippen LogP contribution in [-0.2, 0) is 21.7 Å². The Labute approximate surface area is 210 Å². The van der Waals surface area contributed by atoms with E-state index in [2.05, 4.69) is 10.3 Å². The number of aryl methyl sites for hydroxylation is 1. The number of benzene rings is 2. The number of aromatic nitrogens is 4. The van der Waals surface area contributed by atoms with Gasteiger partial charge in [-0.25, -0.2) is 18.4 Å². The minimum atomic E-state index is -3.28. The standard InChI is InChI=1S/C25H29N7O3S/c1-16(2)23(33)29-25-28-22-19(8-7-9-20(22)32(25)5)31(4)21-14-15-26-24(27-21)30(3)17-10-12-18(13-11-17)36(6,34)35/h7-16H,1-6H3,(H,28,29,33). The first kappa shape index (κ1) is 25.1. The Bertz CT molecular complexity index is 1530. The van der Waals surface area contributed by atoms with Crippen molar-refractivity contribution in [1.82, 2.24) is 19.5 Å². The molecule has 11 heteroatoms. The highest BCUT2D eigenvalue weighted by molar-refractivity contribution is 7.90. The van der Waals surface area contributed by atoms with Gasteiger partial charge in [-0.05, 0) is 42.5 Å². The van der Waals surface area contributed by atoms with Gasteiger partial charge in [0.2, 0.25) is 17.8 Å². The number of fused-ring (bicyclic) bond motifs is 1. The molecule has 0 unspecified atom stereocenters. The van der Waals surface area contributed by atoms with E-state index in [1.807, 2.05) is 62.7 Å². The molecule has 0 saturated heterocycles. The van der Waals surface area contributed by atoms with E-state index in [1.54, 1.807) is 41.4 Å². The summed E-state index contributed by atoms with van der Waals surface area (Å²) in [5.74, 6) is 1.31. The van der Waals surface area contributed by atoms with Gasteiger partial charge in [0, 0.05) is 45.2 Å². The Hall–Kier alpha value is -3.99. The van der Waals surface area contributed by atoms with Crippen LogP contribution in [0.3, 0.4) is 0 Å². The number of hydrogen-bond donors (Lipinski definition) is 1. The van der Waals surface area contributed by atoms with Gasteiger partial charge in [0.15, 0.2) is 9.84 Å². The summed E-state index contributed by atoms with van der Waals surface area (Å²) in [6.07, 6.45) is 2.85. The SMILES string of the molecule is CC(C)C(=O)Nc1nc2c(N(C)c3ccnc(N(C)c4ccc(S(C)(=O)=O)cc4)n3)cccc2n1C. The minimum absolute atomic E-state index is 0.101. The maximum atomic E-state index is 12.2. The first-order chi connectivity index (χ1) is 17.0. The van der Waals surface area contributed by atoms with Crippen LogP contribution in [0.2, 0.25) is 0 Å². The number of carbonyl (C=O) groups excluding carboxylic acids is 1.